The number of hydrogen-bond donors (Lipinski definition) is 1. The number of para-hydroxylation sites is 1. The highest BCUT2D eigenvalue weighted by atomic mass is 16.5. The monoisotopic (exact) mass is 203 g/mol. The van der Waals surface area contributed by atoms with Crippen molar-refractivity contribution in [2.45, 2.75) is 6.92 Å². The van der Waals surface area contributed by atoms with E-state index < -0.39 is 0 Å². The average Bonchev–Trinajstić information content (AvgIpc) is 2.59. The van der Waals surface area contributed by atoms with Crippen LogP contribution in [0.15, 0.2) is 30.6 Å². The van der Waals surface area contributed by atoms with E-state index in [-0.39, 0.29) is 0 Å². The Morgan fingerprint density at radius 3 is 2.87 bits per heavy atom. The standard InChI is InChI=1S/C11H13N3O/c1-8-4-3-5-10(11(8)12)15-9-6-13-14(2)7-9/h3-7H,12H2,1-2H3. The van der Waals surface area contributed by atoms with Crippen molar-refractivity contribution in [1.82, 2.24) is 9.78 Å². The highest BCUT2D eigenvalue weighted by molar-refractivity contribution is 5.58. The number of rotatable bonds is 2. The molecular formula is C11H13N3O. The molecule has 78 valence electrons. The van der Waals surface area contributed by atoms with Crippen LogP contribution in [0.25, 0.3) is 0 Å². The molecule has 2 N–H and O–H groups in total. The Morgan fingerprint density at radius 2 is 2.20 bits per heavy atom. The summed E-state index contributed by atoms with van der Waals surface area (Å²) in [6, 6.07) is 5.71. The molecule has 0 bridgehead atoms. The maximum Gasteiger partial charge on any atom is 0.165 e. The lowest BCUT2D eigenvalue weighted by Gasteiger charge is -2.07. The molecular weight excluding hydrogens is 190 g/mol. The highest BCUT2D eigenvalue weighted by Crippen LogP contribution is 2.28. The molecule has 0 radical (unpaired) electrons. The number of nitrogen functional groups attached to an aromatic ring is 1. The summed E-state index contributed by atoms with van der Waals surface area (Å²) in [5, 5.41) is 4.02. The van der Waals surface area contributed by atoms with Crippen molar-refractivity contribution in [2.75, 3.05) is 5.73 Å². The lowest BCUT2D eigenvalue weighted by atomic mass is 10.2. The zero-order valence-electron chi connectivity index (χ0n) is 8.77. The Balaban J connectivity index is 2.28. The second-order valence-electron chi connectivity index (χ2n) is 3.44. The van der Waals surface area contributed by atoms with Gasteiger partial charge in [-0.3, -0.25) is 4.68 Å². The van der Waals surface area contributed by atoms with E-state index in [4.69, 9.17) is 10.5 Å². The number of aryl methyl sites for hydroxylation is 2. The van der Waals surface area contributed by atoms with Gasteiger partial charge in [0.2, 0.25) is 0 Å². The van der Waals surface area contributed by atoms with E-state index in [1.807, 2.05) is 32.2 Å². The molecule has 1 aromatic carbocycles. The number of benzene rings is 1. The van der Waals surface area contributed by atoms with Crippen molar-refractivity contribution in [3.63, 3.8) is 0 Å². The molecule has 0 atom stereocenters. The first-order valence-corrected chi connectivity index (χ1v) is 4.68. The average molecular weight is 203 g/mol. The molecule has 0 aliphatic rings. The largest absolute Gasteiger partial charge is 0.452 e. The summed E-state index contributed by atoms with van der Waals surface area (Å²) >= 11 is 0. The van der Waals surface area contributed by atoms with Crippen LogP contribution in [0.5, 0.6) is 11.5 Å². The van der Waals surface area contributed by atoms with Gasteiger partial charge >= 0.3 is 0 Å². The molecule has 15 heavy (non-hydrogen) atoms. The van der Waals surface area contributed by atoms with Crippen LogP contribution < -0.4 is 10.5 Å². The summed E-state index contributed by atoms with van der Waals surface area (Å²) in [7, 11) is 1.84. The second-order valence-corrected chi connectivity index (χ2v) is 3.44. The van der Waals surface area contributed by atoms with Crippen LogP contribution in [0, 0.1) is 6.92 Å². The molecule has 2 aromatic rings. The van der Waals surface area contributed by atoms with Gasteiger partial charge in [0.25, 0.3) is 0 Å². The van der Waals surface area contributed by atoms with Crippen molar-refractivity contribution in [1.29, 1.82) is 0 Å². The van der Waals surface area contributed by atoms with Gasteiger partial charge in [-0.15, -0.1) is 0 Å². The maximum absolute atomic E-state index is 5.89. The normalized spacial score (nSPS) is 10.3. The maximum atomic E-state index is 5.89. The third-order valence-electron chi connectivity index (χ3n) is 2.19. The third-order valence-corrected chi connectivity index (χ3v) is 2.19. The molecule has 0 saturated carbocycles. The van der Waals surface area contributed by atoms with Gasteiger partial charge in [-0.25, -0.2) is 0 Å². The van der Waals surface area contributed by atoms with Crippen LogP contribution in [-0.2, 0) is 7.05 Å². The zero-order chi connectivity index (χ0) is 10.8. The van der Waals surface area contributed by atoms with E-state index >= 15 is 0 Å². The minimum absolute atomic E-state index is 0.668. The Morgan fingerprint density at radius 1 is 1.40 bits per heavy atom. The number of ether oxygens (including phenoxy) is 1. The molecule has 0 unspecified atom stereocenters. The Labute approximate surface area is 88.3 Å². The van der Waals surface area contributed by atoms with E-state index in [9.17, 15) is 0 Å². The van der Waals surface area contributed by atoms with Crippen LogP contribution in [0.4, 0.5) is 5.69 Å². The zero-order valence-corrected chi connectivity index (χ0v) is 8.77. The quantitative estimate of drug-likeness (QED) is 0.760. The summed E-state index contributed by atoms with van der Waals surface area (Å²) in [5.74, 6) is 1.36. The SMILES string of the molecule is Cc1cccc(Oc2cnn(C)c2)c1N. The lowest BCUT2D eigenvalue weighted by molar-refractivity contribution is 0.484. The topological polar surface area (TPSA) is 53.1 Å². The predicted molar refractivity (Wildman–Crippen MR) is 58.9 cm³/mol. The fraction of sp³-hybridized carbons (Fsp3) is 0.182. The molecule has 2 rings (SSSR count). The molecule has 0 aliphatic heterocycles. The summed E-state index contributed by atoms with van der Waals surface area (Å²) in [6.07, 6.45) is 3.45. The predicted octanol–water partition coefficient (Wildman–Crippen LogP) is 2.10. The number of nitrogens with zero attached hydrogens (tertiary/aromatic N) is 2. The lowest BCUT2D eigenvalue weighted by Crippen LogP contribution is -1.94. The Kier molecular flexibility index (Phi) is 2.33. The van der Waals surface area contributed by atoms with E-state index in [1.54, 1.807) is 17.1 Å². The third kappa shape index (κ3) is 1.93. The number of nitrogens with two attached hydrogens (primary N) is 1. The Hall–Kier alpha value is -1.97. The molecule has 0 spiro atoms. The van der Waals surface area contributed by atoms with E-state index in [2.05, 4.69) is 5.10 Å². The smallest absolute Gasteiger partial charge is 0.165 e. The minimum Gasteiger partial charge on any atom is -0.452 e. The van der Waals surface area contributed by atoms with Crippen LogP contribution in [0.2, 0.25) is 0 Å². The van der Waals surface area contributed by atoms with E-state index in [1.165, 1.54) is 0 Å². The van der Waals surface area contributed by atoms with Crippen molar-refractivity contribution < 1.29 is 4.74 Å². The number of hydrogen-bond acceptors (Lipinski definition) is 3. The van der Waals surface area contributed by atoms with Gasteiger partial charge in [-0.1, -0.05) is 12.1 Å². The first-order valence-electron chi connectivity index (χ1n) is 4.68. The summed E-state index contributed by atoms with van der Waals surface area (Å²) < 4.78 is 7.28. The van der Waals surface area contributed by atoms with Crippen LogP contribution in [-0.4, -0.2) is 9.78 Å². The molecule has 0 fully saturated rings. The van der Waals surface area contributed by atoms with Gasteiger partial charge in [-0.2, -0.15) is 5.10 Å². The van der Waals surface area contributed by atoms with Crippen molar-refractivity contribution >= 4 is 5.69 Å². The molecule has 4 heteroatoms. The fourth-order valence-electron chi connectivity index (χ4n) is 1.32. The van der Waals surface area contributed by atoms with Gasteiger partial charge in [0.1, 0.15) is 0 Å². The van der Waals surface area contributed by atoms with Gasteiger partial charge < -0.3 is 10.5 Å². The van der Waals surface area contributed by atoms with E-state index in [0.717, 1.165) is 5.56 Å². The highest BCUT2D eigenvalue weighted by Gasteiger charge is 2.04. The van der Waals surface area contributed by atoms with Gasteiger partial charge in [-0.05, 0) is 18.6 Å². The van der Waals surface area contributed by atoms with Crippen LogP contribution >= 0.6 is 0 Å². The van der Waals surface area contributed by atoms with Crippen LogP contribution in [0.1, 0.15) is 5.56 Å². The minimum atomic E-state index is 0.668. The number of anilines is 1. The molecule has 0 saturated heterocycles. The second kappa shape index (κ2) is 3.65. The molecule has 1 aromatic heterocycles. The summed E-state index contributed by atoms with van der Waals surface area (Å²) in [6.45, 7) is 1.95. The molecule has 4 nitrogen and oxygen atoms in total. The van der Waals surface area contributed by atoms with Gasteiger partial charge in [0, 0.05) is 7.05 Å². The first-order chi connectivity index (χ1) is 7.16. The summed E-state index contributed by atoms with van der Waals surface area (Å²) in [4.78, 5) is 0. The van der Waals surface area contributed by atoms with Crippen molar-refractivity contribution in [3.05, 3.63) is 36.2 Å². The summed E-state index contributed by atoms with van der Waals surface area (Å²) in [5.41, 5.74) is 7.56. The Bertz CT molecular complexity index is 476. The molecule has 0 aliphatic carbocycles. The number of aromatic nitrogens is 2. The van der Waals surface area contributed by atoms with Crippen molar-refractivity contribution in [3.8, 4) is 11.5 Å². The molecule has 1 heterocycles. The van der Waals surface area contributed by atoms with Gasteiger partial charge in [0.15, 0.2) is 11.5 Å². The van der Waals surface area contributed by atoms with Gasteiger partial charge in [0.05, 0.1) is 18.1 Å². The van der Waals surface area contributed by atoms with E-state index in [0.29, 0.717) is 17.2 Å². The molecule has 0 amide bonds. The van der Waals surface area contributed by atoms with Crippen molar-refractivity contribution in [2.24, 2.45) is 7.05 Å². The fourth-order valence-corrected chi connectivity index (χ4v) is 1.32. The van der Waals surface area contributed by atoms with Crippen LogP contribution in [0.3, 0.4) is 0 Å². The first kappa shape index (κ1) is 9.58.